The van der Waals surface area contributed by atoms with Crippen molar-refractivity contribution < 1.29 is 14.6 Å². The number of ether oxygens (including phenoxy) is 1. The van der Waals surface area contributed by atoms with Gasteiger partial charge in [0.2, 0.25) is 0 Å². The first-order chi connectivity index (χ1) is 10.8. The number of fused-ring (bicyclic) bond motifs is 1. The summed E-state index contributed by atoms with van der Waals surface area (Å²) in [5.41, 5.74) is 1.75. The number of hydrogen-bond acceptors (Lipinski definition) is 5. The molecule has 0 aliphatic carbocycles. The quantitative estimate of drug-likeness (QED) is 0.852. The van der Waals surface area contributed by atoms with Gasteiger partial charge in [0.05, 0.1) is 16.4 Å². The first-order valence-corrected chi connectivity index (χ1v) is 8.75. The van der Waals surface area contributed by atoms with Gasteiger partial charge in [-0.3, -0.25) is 4.98 Å². The molecule has 0 aromatic carbocycles. The monoisotopic (exact) mass is 334 g/mol. The molecule has 0 radical (unpaired) electrons. The molecule has 23 heavy (non-hydrogen) atoms. The molecule has 1 fully saturated rings. The lowest BCUT2D eigenvalue weighted by Crippen LogP contribution is -2.41. The van der Waals surface area contributed by atoms with E-state index < -0.39 is 5.60 Å². The summed E-state index contributed by atoms with van der Waals surface area (Å²) in [5.74, 6) is 0.602. The minimum atomic E-state index is -0.455. The van der Waals surface area contributed by atoms with Gasteiger partial charge in [-0.15, -0.1) is 11.3 Å². The number of thiophene rings is 1. The van der Waals surface area contributed by atoms with E-state index >= 15 is 0 Å². The first kappa shape index (κ1) is 16.1. The van der Waals surface area contributed by atoms with Gasteiger partial charge in [0.1, 0.15) is 11.4 Å². The summed E-state index contributed by atoms with van der Waals surface area (Å²) in [6, 6.07) is 1.76. The van der Waals surface area contributed by atoms with Gasteiger partial charge in [-0.1, -0.05) is 0 Å². The van der Waals surface area contributed by atoms with E-state index in [4.69, 9.17) is 4.74 Å². The zero-order valence-electron chi connectivity index (χ0n) is 13.7. The van der Waals surface area contributed by atoms with Gasteiger partial charge < -0.3 is 14.7 Å². The topological polar surface area (TPSA) is 62.7 Å². The molecule has 1 amide bonds. The highest BCUT2D eigenvalue weighted by Gasteiger charge is 2.28. The maximum Gasteiger partial charge on any atom is 0.410 e. The normalized spacial score (nSPS) is 16.7. The lowest BCUT2D eigenvalue weighted by Gasteiger charge is -2.33. The third-order valence-corrected chi connectivity index (χ3v) is 4.95. The van der Waals surface area contributed by atoms with Crippen LogP contribution in [0.1, 0.15) is 45.1 Å². The van der Waals surface area contributed by atoms with Gasteiger partial charge >= 0.3 is 6.09 Å². The summed E-state index contributed by atoms with van der Waals surface area (Å²) < 4.78 is 6.44. The molecule has 124 valence electrons. The summed E-state index contributed by atoms with van der Waals surface area (Å²) in [6.45, 7) is 7.06. The van der Waals surface area contributed by atoms with Crippen LogP contribution in [-0.2, 0) is 4.74 Å². The summed E-state index contributed by atoms with van der Waals surface area (Å²) >= 11 is 1.61. The highest BCUT2D eigenvalue weighted by molar-refractivity contribution is 7.17. The van der Waals surface area contributed by atoms with E-state index in [2.05, 4.69) is 10.4 Å². The molecule has 1 saturated heterocycles. The predicted octanol–water partition coefficient (Wildman–Crippen LogP) is 4.12. The molecular weight excluding hydrogens is 312 g/mol. The third kappa shape index (κ3) is 3.58. The number of likely N-dealkylation sites (tertiary alicyclic amines) is 1. The Hall–Kier alpha value is -1.82. The molecule has 0 unspecified atom stereocenters. The second-order valence-corrected chi connectivity index (χ2v) is 7.88. The molecule has 3 heterocycles. The summed E-state index contributed by atoms with van der Waals surface area (Å²) in [6.07, 6.45) is 3.09. The summed E-state index contributed by atoms with van der Waals surface area (Å²) in [7, 11) is 0. The number of nitrogens with zero attached hydrogens (tertiary/aromatic N) is 2. The van der Waals surface area contributed by atoms with Crippen molar-refractivity contribution in [2.24, 2.45) is 0 Å². The predicted molar refractivity (Wildman–Crippen MR) is 91.1 cm³/mol. The van der Waals surface area contributed by atoms with E-state index in [9.17, 15) is 9.90 Å². The van der Waals surface area contributed by atoms with Gasteiger partial charge in [0.25, 0.3) is 0 Å². The highest BCUT2D eigenvalue weighted by atomic mass is 32.1. The van der Waals surface area contributed by atoms with Gasteiger partial charge in [-0.25, -0.2) is 4.79 Å². The summed E-state index contributed by atoms with van der Waals surface area (Å²) in [4.78, 5) is 18.3. The molecule has 0 saturated carbocycles. The molecule has 3 rings (SSSR count). The van der Waals surface area contributed by atoms with Crippen molar-refractivity contribution >= 4 is 27.6 Å². The molecule has 5 nitrogen and oxygen atoms in total. The molecule has 1 aliphatic rings. The average Bonchev–Trinajstić information content (AvgIpc) is 2.88. The van der Waals surface area contributed by atoms with Crippen LogP contribution in [0.4, 0.5) is 4.79 Å². The molecule has 0 spiro atoms. The van der Waals surface area contributed by atoms with Crippen molar-refractivity contribution in [3.8, 4) is 5.75 Å². The van der Waals surface area contributed by atoms with Crippen LogP contribution in [0.2, 0.25) is 0 Å². The van der Waals surface area contributed by atoms with Crippen molar-refractivity contribution in [2.45, 2.75) is 45.1 Å². The largest absolute Gasteiger partial charge is 0.506 e. The van der Waals surface area contributed by atoms with E-state index in [-0.39, 0.29) is 11.8 Å². The second-order valence-electron chi connectivity index (χ2n) is 6.97. The van der Waals surface area contributed by atoms with Crippen LogP contribution in [-0.4, -0.2) is 39.8 Å². The molecular formula is C17H22N2O3S. The van der Waals surface area contributed by atoms with Crippen LogP contribution >= 0.6 is 11.3 Å². The molecule has 0 atom stereocenters. The lowest BCUT2D eigenvalue weighted by atomic mass is 9.90. The van der Waals surface area contributed by atoms with E-state index in [0.29, 0.717) is 19.0 Å². The Morgan fingerprint density at radius 2 is 2.09 bits per heavy atom. The van der Waals surface area contributed by atoms with Crippen LogP contribution in [0.15, 0.2) is 17.6 Å². The zero-order valence-corrected chi connectivity index (χ0v) is 14.5. The van der Waals surface area contributed by atoms with Gasteiger partial charge in [0, 0.05) is 19.2 Å². The van der Waals surface area contributed by atoms with Gasteiger partial charge in [0.15, 0.2) is 0 Å². The van der Waals surface area contributed by atoms with Crippen LogP contribution in [0.25, 0.3) is 10.2 Å². The van der Waals surface area contributed by atoms with Crippen LogP contribution in [0, 0.1) is 0 Å². The smallest absolute Gasteiger partial charge is 0.410 e. The van der Waals surface area contributed by atoms with Crippen LogP contribution in [0.3, 0.4) is 0 Å². The SMILES string of the molecule is CC(C)(C)OC(=O)N1CCC(c2csc3cc(O)cnc23)CC1. The maximum absolute atomic E-state index is 12.1. The number of amides is 1. The fraction of sp³-hybridized carbons (Fsp3) is 0.529. The number of carbonyl (C=O) groups is 1. The number of hydrogen-bond donors (Lipinski definition) is 1. The molecule has 1 N–H and O–H groups in total. The van der Waals surface area contributed by atoms with E-state index in [0.717, 1.165) is 23.1 Å². The minimum absolute atomic E-state index is 0.200. The number of aromatic nitrogens is 1. The highest BCUT2D eigenvalue weighted by Crippen LogP contribution is 2.36. The number of pyridine rings is 1. The standard InChI is InChI=1S/C17H22N2O3S/c1-17(2,3)22-16(21)19-6-4-11(5-7-19)13-10-23-14-8-12(20)9-18-15(13)14/h8-11,20H,4-7H2,1-3H3. The Bertz CT molecular complexity index is 712. The van der Waals surface area contributed by atoms with Gasteiger partial charge in [-0.05, 0) is 50.5 Å². The maximum atomic E-state index is 12.1. The Morgan fingerprint density at radius 1 is 1.39 bits per heavy atom. The molecule has 0 bridgehead atoms. The van der Waals surface area contributed by atoms with Crippen molar-refractivity contribution in [1.82, 2.24) is 9.88 Å². The number of carbonyl (C=O) groups excluding carboxylic acids is 1. The second kappa shape index (κ2) is 6.00. The van der Waals surface area contributed by atoms with Crippen molar-refractivity contribution in [1.29, 1.82) is 0 Å². The van der Waals surface area contributed by atoms with Crippen LogP contribution in [0.5, 0.6) is 5.75 Å². The van der Waals surface area contributed by atoms with Crippen molar-refractivity contribution in [3.05, 3.63) is 23.2 Å². The Kier molecular flexibility index (Phi) is 4.19. The fourth-order valence-corrected chi connectivity index (χ4v) is 3.94. The van der Waals surface area contributed by atoms with Crippen molar-refractivity contribution in [2.75, 3.05) is 13.1 Å². The summed E-state index contributed by atoms with van der Waals surface area (Å²) in [5, 5.41) is 11.7. The number of rotatable bonds is 1. The van der Waals surface area contributed by atoms with Gasteiger partial charge in [-0.2, -0.15) is 0 Å². The van der Waals surface area contributed by atoms with Crippen molar-refractivity contribution in [3.63, 3.8) is 0 Å². The molecule has 1 aliphatic heterocycles. The zero-order chi connectivity index (χ0) is 16.6. The number of piperidine rings is 1. The fourth-order valence-electron chi connectivity index (χ4n) is 2.91. The van der Waals surface area contributed by atoms with E-state index in [1.54, 1.807) is 22.3 Å². The average molecular weight is 334 g/mol. The van der Waals surface area contributed by atoms with E-state index in [1.807, 2.05) is 20.8 Å². The molecule has 2 aromatic heterocycles. The Balaban J connectivity index is 1.67. The third-order valence-electron chi connectivity index (χ3n) is 4.01. The molecule has 2 aromatic rings. The minimum Gasteiger partial charge on any atom is -0.506 e. The lowest BCUT2D eigenvalue weighted by molar-refractivity contribution is 0.0205. The molecule has 6 heteroatoms. The Labute approximate surface area is 139 Å². The van der Waals surface area contributed by atoms with E-state index in [1.165, 1.54) is 11.8 Å². The number of aromatic hydroxyl groups is 1. The first-order valence-electron chi connectivity index (χ1n) is 7.87. The van der Waals surface area contributed by atoms with Crippen LogP contribution < -0.4 is 0 Å². The Morgan fingerprint density at radius 3 is 2.74 bits per heavy atom.